The Bertz CT molecular complexity index is 299. The van der Waals surface area contributed by atoms with Crippen LogP contribution in [0, 0.1) is 0 Å². The predicted octanol–water partition coefficient (Wildman–Crippen LogP) is 0.212. The summed E-state index contributed by atoms with van der Waals surface area (Å²) in [5.41, 5.74) is 6.67. The lowest BCUT2D eigenvalue weighted by Gasteiger charge is -2.09. The van der Waals surface area contributed by atoms with Crippen LogP contribution in [0.1, 0.15) is 25.0 Å². The van der Waals surface area contributed by atoms with Crippen LogP contribution >= 0.6 is 0 Å². The van der Waals surface area contributed by atoms with E-state index in [1.54, 1.807) is 18.0 Å². The van der Waals surface area contributed by atoms with Crippen molar-refractivity contribution in [2.75, 3.05) is 0 Å². The molecule has 1 fully saturated rings. The summed E-state index contributed by atoms with van der Waals surface area (Å²) in [6.45, 7) is 0.547. The number of aromatic nitrogens is 3. The SMILES string of the molecule is Cn1ncc(COC2CCC(N)C2)n1. The molecule has 0 radical (unpaired) electrons. The van der Waals surface area contributed by atoms with Gasteiger partial charge in [0, 0.05) is 13.1 Å². The van der Waals surface area contributed by atoms with E-state index in [0.29, 0.717) is 18.8 Å². The monoisotopic (exact) mass is 196 g/mol. The number of rotatable bonds is 3. The zero-order chi connectivity index (χ0) is 9.97. The maximum atomic E-state index is 5.79. The first-order chi connectivity index (χ1) is 6.74. The zero-order valence-electron chi connectivity index (χ0n) is 8.39. The maximum absolute atomic E-state index is 5.79. The third-order valence-corrected chi connectivity index (χ3v) is 2.54. The molecular weight excluding hydrogens is 180 g/mol. The van der Waals surface area contributed by atoms with E-state index in [4.69, 9.17) is 10.5 Å². The summed E-state index contributed by atoms with van der Waals surface area (Å²) < 4.78 is 5.68. The summed E-state index contributed by atoms with van der Waals surface area (Å²) in [6.07, 6.45) is 5.16. The van der Waals surface area contributed by atoms with Crippen LogP contribution in [0.5, 0.6) is 0 Å². The first-order valence-corrected chi connectivity index (χ1v) is 4.96. The van der Waals surface area contributed by atoms with Gasteiger partial charge in [-0.15, -0.1) is 0 Å². The molecule has 0 aliphatic heterocycles. The lowest BCUT2D eigenvalue weighted by Crippen LogP contribution is -2.17. The third-order valence-electron chi connectivity index (χ3n) is 2.54. The van der Waals surface area contributed by atoms with Crippen molar-refractivity contribution in [3.63, 3.8) is 0 Å². The lowest BCUT2D eigenvalue weighted by atomic mass is 10.3. The molecule has 0 aromatic carbocycles. The molecular formula is C9H16N4O. The first-order valence-electron chi connectivity index (χ1n) is 4.96. The highest BCUT2D eigenvalue weighted by Gasteiger charge is 2.22. The Morgan fingerprint density at radius 2 is 2.50 bits per heavy atom. The highest BCUT2D eigenvalue weighted by Crippen LogP contribution is 2.21. The highest BCUT2D eigenvalue weighted by atomic mass is 16.5. The number of ether oxygens (including phenoxy) is 1. The van der Waals surface area contributed by atoms with Crippen LogP contribution < -0.4 is 5.73 Å². The highest BCUT2D eigenvalue weighted by molar-refractivity contribution is 4.89. The Balaban J connectivity index is 1.77. The Hall–Kier alpha value is -0.940. The molecule has 5 heteroatoms. The molecule has 1 aliphatic carbocycles. The number of nitrogens with zero attached hydrogens (tertiary/aromatic N) is 3. The number of hydrogen-bond acceptors (Lipinski definition) is 4. The Morgan fingerprint density at radius 3 is 3.07 bits per heavy atom. The molecule has 0 bridgehead atoms. The van der Waals surface area contributed by atoms with Gasteiger partial charge in [-0.2, -0.15) is 15.0 Å². The fraction of sp³-hybridized carbons (Fsp3) is 0.778. The summed E-state index contributed by atoms with van der Waals surface area (Å²) >= 11 is 0. The molecule has 2 rings (SSSR count). The van der Waals surface area contributed by atoms with Gasteiger partial charge >= 0.3 is 0 Å². The Labute approximate surface area is 83.2 Å². The molecule has 5 nitrogen and oxygen atoms in total. The van der Waals surface area contributed by atoms with Crippen molar-refractivity contribution in [1.29, 1.82) is 0 Å². The molecule has 2 atom stereocenters. The van der Waals surface area contributed by atoms with Gasteiger partial charge in [0.25, 0.3) is 0 Å². The van der Waals surface area contributed by atoms with Gasteiger partial charge in [0.2, 0.25) is 0 Å². The van der Waals surface area contributed by atoms with Gasteiger partial charge in [0.15, 0.2) is 0 Å². The normalized spacial score (nSPS) is 27.0. The number of nitrogens with two attached hydrogens (primary N) is 1. The lowest BCUT2D eigenvalue weighted by molar-refractivity contribution is 0.0427. The Kier molecular flexibility index (Phi) is 2.79. The smallest absolute Gasteiger partial charge is 0.108 e. The van der Waals surface area contributed by atoms with Crippen molar-refractivity contribution < 1.29 is 4.74 Å². The van der Waals surface area contributed by atoms with E-state index in [2.05, 4.69) is 10.2 Å². The van der Waals surface area contributed by atoms with E-state index in [1.807, 2.05) is 0 Å². The van der Waals surface area contributed by atoms with Gasteiger partial charge in [-0.05, 0) is 19.3 Å². The average Bonchev–Trinajstić information content (AvgIpc) is 2.72. The van der Waals surface area contributed by atoms with Gasteiger partial charge in [-0.1, -0.05) is 0 Å². The van der Waals surface area contributed by atoms with Gasteiger partial charge in [0.05, 0.1) is 18.9 Å². The number of hydrogen-bond donors (Lipinski definition) is 1. The van der Waals surface area contributed by atoms with E-state index < -0.39 is 0 Å². The van der Waals surface area contributed by atoms with Crippen LogP contribution in [0.4, 0.5) is 0 Å². The van der Waals surface area contributed by atoms with Crippen molar-refractivity contribution in [1.82, 2.24) is 15.0 Å². The standard InChI is InChI=1S/C9H16N4O/c1-13-11-5-8(12-13)6-14-9-3-2-7(10)4-9/h5,7,9H,2-4,6,10H2,1H3. The first kappa shape index (κ1) is 9.61. The van der Waals surface area contributed by atoms with Gasteiger partial charge in [-0.25, -0.2) is 0 Å². The molecule has 1 aromatic rings. The van der Waals surface area contributed by atoms with Crippen LogP contribution in [-0.4, -0.2) is 27.1 Å². The second-order valence-corrected chi connectivity index (χ2v) is 3.83. The summed E-state index contributed by atoms with van der Waals surface area (Å²) in [5.74, 6) is 0. The summed E-state index contributed by atoms with van der Waals surface area (Å²) in [4.78, 5) is 1.54. The van der Waals surface area contributed by atoms with Crippen LogP contribution in [0.3, 0.4) is 0 Å². The molecule has 0 spiro atoms. The second-order valence-electron chi connectivity index (χ2n) is 3.83. The molecule has 1 heterocycles. The molecule has 14 heavy (non-hydrogen) atoms. The molecule has 1 saturated carbocycles. The van der Waals surface area contributed by atoms with Crippen LogP contribution in [0.2, 0.25) is 0 Å². The minimum absolute atomic E-state index is 0.312. The van der Waals surface area contributed by atoms with Crippen molar-refractivity contribution in [2.45, 2.75) is 38.0 Å². The van der Waals surface area contributed by atoms with E-state index in [-0.39, 0.29) is 0 Å². The van der Waals surface area contributed by atoms with E-state index in [0.717, 1.165) is 25.0 Å². The maximum Gasteiger partial charge on any atom is 0.108 e. The predicted molar refractivity (Wildman–Crippen MR) is 51.4 cm³/mol. The fourth-order valence-corrected chi connectivity index (χ4v) is 1.78. The fourth-order valence-electron chi connectivity index (χ4n) is 1.78. The minimum Gasteiger partial charge on any atom is -0.372 e. The van der Waals surface area contributed by atoms with Gasteiger partial charge in [0.1, 0.15) is 5.69 Å². The minimum atomic E-state index is 0.312. The van der Waals surface area contributed by atoms with Crippen molar-refractivity contribution in [3.8, 4) is 0 Å². The molecule has 0 saturated heterocycles. The molecule has 78 valence electrons. The molecule has 2 unspecified atom stereocenters. The molecule has 1 aliphatic rings. The van der Waals surface area contributed by atoms with E-state index in [9.17, 15) is 0 Å². The quantitative estimate of drug-likeness (QED) is 0.750. The van der Waals surface area contributed by atoms with E-state index in [1.165, 1.54) is 0 Å². The second kappa shape index (κ2) is 4.06. The topological polar surface area (TPSA) is 66.0 Å². The molecule has 1 aromatic heterocycles. The van der Waals surface area contributed by atoms with Gasteiger partial charge < -0.3 is 10.5 Å². The van der Waals surface area contributed by atoms with E-state index >= 15 is 0 Å². The third kappa shape index (κ3) is 2.30. The summed E-state index contributed by atoms with van der Waals surface area (Å²) in [7, 11) is 1.80. The zero-order valence-corrected chi connectivity index (χ0v) is 8.39. The van der Waals surface area contributed by atoms with Gasteiger partial charge in [-0.3, -0.25) is 0 Å². The van der Waals surface area contributed by atoms with Crippen LogP contribution in [0.15, 0.2) is 6.20 Å². The Morgan fingerprint density at radius 1 is 1.64 bits per heavy atom. The largest absolute Gasteiger partial charge is 0.372 e. The summed E-state index contributed by atoms with van der Waals surface area (Å²) in [6, 6.07) is 0.321. The van der Waals surface area contributed by atoms with Crippen LogP contribution in [0.25, 0.3) is 0 Å². The van der Waals surface area contributed by atoms with Crippen LogP contribution in [-0.2, 0) is 18.4 Å². The number of aryl methyl sites for hydroxylation is 1. The van der Waals surface area contributed by atoms with Crippen molar-refractivity contribution in [2.24, 2.45) is 12.8 Å². The van der Waals surface area contributed by atoms with Crippen molar-refractivity contribution in [3.05, 3.63) is 11.9 Å². The van der Waals surface area contributed by atoms with Crippen molar-refractivity contribution >= 4 is 0 Å². The average molecular weight is 196 g/mol. The summed E-state index contributed by atoms with van der Waals surface area (Å²) in [5, 5.41) is 8.12. The molecule has 0 amide bonds. The molecule has 2 N–H and O–H groups in total.